The summed E-state index contributed by atoms with van der Waals surface area (Å²) in [5.41, 5.74) is 0.688. The Morgan fingerprint density at radius 2 is 2.00 bits per heavy atom. The second kappa shape index (κ2) is 8.75. The first-order valence-corrected chi connectivity index (χ1v) is 9.43. The van der Waals surface area contributed by atoms with Crippen LogP contribution < -0.4 is 10.1 Å². The van der Waals surface area contributed by atoms with Crippen LogP contribution in [0.3, 0.4) is 0 Å². The lowest BCUT2D eigenvalue weighted by molar-refractivity contribution is -0.123. The van der Waals surface area contributed by atoms with Gasteiger partial charge < -0.3 is 15.0 Å². The minimum absolute atomic E-state index is 0.0104. The van der Waals surface area contributed by atoms with Gasteiger partial charge in [0.25, 0.3) is 11.8 Å². The van der Waals surface area contributed by atoms with E-state index in [1.165, 1.54) is 0 Å². The molecule has 8 heteroatoms. The van der Waals surface area contributed by atoms with E-state index in [1.54, 1.807) is 6.92 Å². The fourth-order valence-corrected chi connectivity index (χ4v) is 3.51. The van der Waals surface area contributed by atoms with Crippen molar-refractivity contribution in [1.29, 1.82) is 0 Å². The number of aryl methyl sites for hydroxylation is 1. The third-order valence-corrected chi connectivity index (χ3v) is 5.26. The van der Waals surface area contributed by atoms with Crippen molar-refractivity contribution in [1.82, 2.24) is 19.8 Å². The van der Waals surface area contributed by atoms with Gasteiger partial charge in [0.15, 0.2) is 6.61 Å². The number of nitrogens with one attached hydrogen (secondary N) is 1. The second-order valence-electron chi connectivity index (χ2n) is 6.33. The summed E-state index contributed by atoms with van der Waals surface area (Å²) >= 11 is 1.15. The van der Waals surface area contributed by atoms with Gasteiger partial charge in [-0.3, -0.25) is 9.59 Å². The van der Waals surface area contributed by atoms with Crippen molar-refractivity contribution in [2.75, 3.05) is 26.2 Å². The highest BCUT2D eigenvalue weighted by Gasteiger charge is 2.26. The molecule has 0 saturated carbocycles. The SMILES string of the molecule is Cc1nnsc1C(=O)N1CCC(CNC(=O)COc2ccccc2)CC1. The molecule has 2 amide bonds. The molecule has 0 bridgehead atoms. The Hall–Kier alpha value is -2.48. The zero-order valence-corrected chi connectivity index (χ0v) is 15.5. The van der Waals surface area contributed by atoms with Crippen molar-refractivity contribution >= 4 is 23.3 Å². The first-order valence-electron chi connectivity index (χ1n) is 8.66. The molecule has 7 nitrogen and oxygen atoms in total. The van der Waals surface area contributed by atoms with Crippen molar-refractivity contribution < 1.29 is 14.3 Å². The summed E-state index contributed by atoms with van der Waals surface area (Å²) < 4.78 is 9.26. The van der Waals surface area contributed by atoms with Crippen molar-refractivity contribution in [3.63, 3.8) is 0 Å². The zero-order valence-electron chi connectivity index (χ0n) is 14.7. The number of carbonyl (C=O) groups excluding carboxylic acids is 2. The molecule has 0 atom stereocenters. The number of piperidine rings is 1. The van der Waals surface area contributed by atoms with Gasteiger partial charge >= 0.3 is 0 Å². The number of para-hydroxylation sites is 1. The average molecular weight is 374 g/mol. The standard InChI is InChI=1S/C18H22N4O3S/c1-13-17(26-21-20-13)18(24)22-9-7-14(8-10-22)11-19-16(23)12-25-15-5-3-2-4-6-15/h2-6,14H,7-12H2,1H3,(H,19,23). The van der Waals surface area contributed by atoms with E-state index in [9.17, 15) is 9.59 Å². The van der Waals surface area contributed by atoms with E-state index in [4.69, 9.17) is 4.74 Å². The topological polar surface area (TPSA) is 84.4 Å². The Labute approximate surface area is 156 Å². The minimum Gasteiger partial charge on any atom is -0.484 e. The van der Waals surface area contributed by atoms with Crippen molar-refractivity contribution in [3.8, 4) is 5.75 Å². The average Bonchev–Trinajstić information content (AvgIpc) is 3.11. The number of hydrogen-bond acceptors (Lipinski definition) is 6. The van der Waals surface area contributed by atoms with Crippen LogP contribution in [0.5, 0.6) is 5.75 Å². The molecular weight excluding hydrogens is 352 g/mol. The lowest BCUT2D eigenvalue weighted by Gasteiger charge is -2.31. The van der Waals surface area contributed by atoms with Gasteiger partial charge in [0.2, 0.25) is 0 Å². The van der Waals surface area contributed by atoms with Crippen LogP contribution in [-0.2, 0) is 4.79 Å². The number of benzene rings is 1. The predicted molar refractivity (Wildman–Crippen MR) is 98.2 cm³/mol. The molecule has 1 aliphatic heterocycles. The highest BCUT2D eigenvalue weighted by Crippen LogP contribution is 2.20. The summed E-state index contributed by atoms with van der Waals surface area (Å²) in [7, 11) is 0. The first-order chi connectivity index (χ1) is 12.6. The Morgan fingerprint density at radius 3 is 2.65 bits per heavy atom. The number of rotatable bonds is 6. The maximum atomic E-state index is 12.4. The van der Waals surface area contributed by atoms with Crippen LogP contribution in [0.4, 0.5) is 0 Å². The van der Waals surface area contributed by atoms with E-state index in [-0.39, 0.29) is 18.4 Å². The fraction of sp³-hybridized carbons (Fsp3) is 0.444. The first kappa shape index (κ1) is 18.3. The molecule has 1 saturated heterocycles. The molecule has 3 rings (SSSR count). The van der Waals surface area contributed by atoms with Gasteiger partial charge in [0, 0.05) is 19.6 Å². The van der Waals surface area contributed by atoms with Crippen molar-refractivity contribution in [3.05, 3.63) is 40.9 Å². The highest BCUT2D eigenvalue weighted by atomic mass is 32.1. The molecule has 0 spiro atoms. The van der Waals surface area contributed by atoms with Crippen LogP contribution in [-0.4, -0.2) is 52.5 Å². The van der Waals surface area contributed by atoms with Gasteiger partial charge in [-0.1, -0.05) is 22.7 Å². The van der Waals surface area contributed by atoms with Gasteiger partial charge in [0.1, 0.15) is 10.6 Å². The zero-order chi connectivity index (χ0) is 18.4. The number of nitrogens with zero attached hydrogens (tertiary/aromatic N) is 3. The second-order valence-corrected chi connectivity index (χ2v) is 7.08. The van der Waals surface area contributed by atoms with Gasteiger partial charge in [0.05, 0.1) is 5.69 Å². The lowest BCUT2D eigenvalue weighted by atomic mass is 9.96. The summed E-state index contributed by atoms with van der Waals surface area (Å²) in [6.45, 7) is 3.81. The summed E-state index contributed by atoms with van der Waals surface area (Å²) in [5.74, 6) is 0.942. The molecule has 0 unspecified atom stereocenters. The molecule has 26 heavy (non-hydrogen) atoms. The van der Waals surface area contributed by atoms with E-state index < -0.39 is 0 Å². The summed E-state index contributed by atoms with van der Waals surface area (Å²) in [6, 6.07) is 9.27. The summed E-state index contributed by atoms with van der Waals surface area (Å²) in [4.78, 5) is 26.8. The number of carbonyl (C=O) groups is 2. The van der Waals surface area contributed by atoms with Gasteiger partial charge in [-0.05, 0) is 49.3 Å². The molecule has 2 aromatic rings. The molecule has 0 aliphatic carbocycles. The highest BCUT2D eigenvalue weighted by molar-refractivity contribution is 7.07. The van der Waals surface area contributed by atoms with Gasteiger partial charge in [-0.2, -0.15) is 0 Å². The van der Waals surface area contributed by atoms with Crippen LogP contribution in [0, 0.1) is 12.8 Å². The molecule has 0 radical (unpaired) electrons. The molecule has 1 aromatic heterocycles. The summed E-state index contributed by atoms with van der Waals surface area (Å²) in [5, 5.41) is 6.82. The Kier molecular flexibility index (Phi) is 6.17. The molecule has 138 valence electrons. The van der Waals surface area contributed by atoms with Gasteiger partial charge in [-0.25, -0.2) is 0 Å². The van der Waals surface area contributed by atoms with Gasteiger partial charge in [-0.15, -0.1) is 5.10 Å². The fourth-order valence-electron chi connectivity index (χ4n) is 2.89. The van der Waals surface area contributed by atoms with Crippen LogP contribution >= 0.6 is 11.5 Å². The smallest absolute Gasteiger partial charge is 0.267 e. The van der Waals surface area contributed by atoms with E-state index in [0.717, 1.165) is 24.4 Å². The van der Waals surface area contributed by atoms with Crippen LogP contribution in [0.2, 0.25) is 0 Å². The van der Waals surface area contributed by atoms with Crippen molar-refractivity contribution in [2.24, 2.45) is 5.92 Å². The van der Waals surface area contributed by atoms with Crippen LogP contribution in [0.15, 0.2) is 30.3 Å². The molecule has 1 aliphatic rings. The maximum absolute atomic E-state index is 12.4. The van der Waals surface area contributed by atoms with Crippen molar-refractivity contribution in [2.45, 2.75) is 19.8 Å². The molecule has 1 fully saturated rings. The molecular formula is C18H22N4O3S. The Balaban J connectivity index is 1.37. The molecule has 1 aromatic carbocycles. The number of ether oxygens (including phenoxy) is 1. The molecule has 2 heterocycles. The van der Waals surface area contributed by atoms with E-state index in [0.29, 0.717) is 41.9 Å². The third-order valence-electron chi connectivity index (χ3n) is 4.45. The minimum atomic E-state index is -0.126. The van der Waals surface area contributed by atoms with Crippen LogP contribution in [0.25, 0.3) is 0 Å². The lowest BCUT2D eigenvalue weighted by Crippen LogP contribution is -2.42. The summed E-state index contributed by atoms with van der Waals surface area (Å²) in [6.07, 6.45) is 1.74. The molecule has 1 N–H and O–H groups in total. The number of hydrogen-bond donors (Lipinski definition) is 1. The van der Waals surface area contributed by atoms with E-state index in [1.807, 2.05) is 35.2 Å². The number of aromatic nitrogens is 2. The maximum Gasteiger partial charge on any atom is 0.267 e. The number of amides is 2. The quantitative estimate of drug-likeness (QED) is 0.835. The largest absolute Gasteiger partial charge is 0.484 e. The predicted octanol–water partition coefficient (Wildman–Crippen LogP) is 1.89. The third kappa shape index (κ3) is 4.78. The number of likely N-dealkylation sites (tertiary alicyclic amines) is 1. The Bertz CT molecular complexity index is 742. The monoisotopic (exact) mass is 374 g/mol. The normalized spacial score (nSPS) is 14.9. The van der Waals surface area contributed by atoms with E-state index in [2.05, 4.69) is 14.9 Å². The van der Waals surface area contributed by atoms with Crippen LogP contribution in [0.1, 0.15) is 28.2 Å². The van der Waals surface area contributed by atoms with E-state index >= 15 is 0 Å². The Morgan fingerprint density at radius 1 is 1.27 bits per heavy atom.